The van der Waals surface area contributed by atoms with Crippen LogP contribution in [-0.4, -0.2) is 12.9 Å². The Morgan fingerprint density at radius 3 is 2.19 bits per heavy atom. The van der Waals surface area contributed by atoms with Gasteiger partial charge in [0.1, 0.15) is 5.75 Å². The highest BCUT2D eigenvalue weighted by Crippen LogP contribution is 2.25. The van der Waals surface area contributed by atoms with Crippen LogP contribution in [0.2, 0.25) is 0 Å². The van der Waals surface area contributed by atoms with Crippen molar-refractivity contribution in [1.82, 2.24) is 0 Å². The summed E-state index contributed by atoms with van der Waals surface area (Å²) in [5.41, 5.74) is 4.00. The molecule has 0 amide bonds. The van der Waals surface area contributed by atoms with Gasteiger partial charge in [-0.25, -0.2) is 0 Å². The van der Waals surface area contributed by atoms with Crippen molar-refractivity contribution in [3.05, 3.63) is 95.6 Å². The smallest absolute Gasteiger partial charge is 0.165 e. The van der Waals surface area contributed by atoms with Crippen LogP contribution in [0, 0.1) is 6.92 Å². The van der Waals surface area contributed by atoms with Crippen molar-refractivity contribution < 1.29 is 9.53 Å². The molecule has 26 heavy (non-hydrogen) atoms. The Morgan fingerprint density at radius 1 is 0.923 bits per heavy atom. The molecule has 3 aromatic rings. The van der Waals surface area contributed by atoms with Crippen LogP contribution in [0.5, 0.6) is 5.75 Å². The minimum absolute atomic E-state index is 0.0893. The third-order valence-electron chi connectivity index (χ3n) is 4.40. The molecule has 0 aliphatic carbocycles. The Hall–Kier alpha value is -3.07. The molecule has 0 aliphatic heterocycles. The number of hydrogen-bond donors (Lipinski definition) is 1. The van der Waals surface area contributed by atoms with Crippen LogP contribution in [0.3, 0.4) is 0 Å². The number of carbonyl (C=O) groups is 1. The highest BCUT2D eigenvalue weighted by Gasteiger charge is 2.17. The van der Waals surface area contributed by atoms with E-state index in [9.17, 15) is 4.79 Å². The van der Waals surface area contributed by atoms with Crippen molar-refractivity contribution >= 4 is 11.5 Å². The normalized spacial score (nSPS) is 11.6. The number of Topliss-reactive ketones (excluding diaryl/α,β-unsaturated/α-hetero) is 1. The highest BCUT2D eigenvalue weighted by molar-refractivity contribution is 5.96. The summed E-state index contributed by atoms with van der Waals surface area (Å²) in [4.78, 5) is 12.8. The highest BCUT2D eigenvalue weighted by atomic mass is 16.5. The molecule has 0 fully saturated rings. The van der Waals surface area contributed by atoms with E-state index in [1.165, 1.54) is 5.56 Å². The summed E-state index contributed by atoms with van der Waals surface area (Å²) >= 11 is 0. The van der Waals surface area contributed by atoms with Crippen LogP contribution in [0.4, 0.5) is 5.69 Å². The van der Waals surface area contributed by atoms with Gasteiger partial charge in [0.25, 0.3) is 0 Å². The summed E-state index contributed by atoms with van der Waals surface area (Å²) in [5, 5.41) is 3.50. The van der Waals surface area contributed by atoms with E-state index in [0.29, 0.717) is 12.0 Å². The first-order valence-electron chi connectivity index (χ1n) is 8.71. The predicted molar refractivity (Wildman–Crippen MR) is 106 cm³/mol. The van der Waals surface area contributed by atoms with E-state index in [1.54, 1.807) is 7.11 Å². The number of hydrogen-bond acceptors (Lipinski definition) is 3. The topological polar surface area (TPSA) is 38.3 Å². The summed E-state index contributed by atoms with van der Waals surface area (Å²) in [5.74, 6) is 0.847. The third kappa shape index (κ3) is 4.51. The van der Waals surface area contributed by atoms with Gasteiger partial charge in [0.15, 0.2) is 5.78 Å². The molecule has 3 nitrogen and oxygen atoms in total. The maximum atomic E-state index is 12.8. The molecule has 0 saturated heterocycles. The van der Waals surface area contributed by atoms with Gasteiger partial charge in [-0.15, -0.1) is 0 Å². The molecule has 3 heteroatoms. The van der Waals surface area contributed by atoms with Gasteiger partial charge in [-0.3, -0.25) is 4.79 Å². The maximum absolute atomic E-state index is 12.8. The van der Waals surface area contributed by atoms with Crippen molar-refractivity contribution in [1.29, 1.82) is 0 Å². The van der Waals surface area contributed by atoms with E-state index in [2.05, 4.69) is 24.4 Å². The standard InChI is InChI=1S/C23H23NO2/c1-17-8-12-20(13-9-17)24-22(18-6-4-3-5-7-18)16-23(25)19-10-14-21(26-2)15-11-19/h3-15,22,24H,16H2,1-2H3/t22-/m1/s1. The van der Waals surface area contributed by atoms with Gasteiger partial charge in [-0.05, 0) is 48.9 Å². The van der Waals surface area contributed by atoms with Crippen molar-refractivity contribution in [2.45, 2.75) is 19.4 Å². The Bertz CT molecular complexity index is 840. The largest absolute Gasteiger partial charge is 0.497 e. The summed E-state index contributed by atoms with van der Waals surface area (Å²) in [7, 11) is 1.62. The third-order valence-corrected chi connectivity index (χ3v) is 4.40. The number of aryl methyl sites for hydroxylation is 1. The molecule has 0 spiro atoms. The fraction of sp³-hybridized carbons (Fsp3) is 0.174. The monoisotopic (exact) mass is 345 g/mol. The summed E-state index contributed by atoms with van der Waals surface area (Å²) in [6, 6.07) is 25.5. The van der Waals surface area contributed by atoms with Gasteiger partial charge < -0.3 is 10.1 Å². The second kappa shape index (κ2) is 8.34. The zero-order chi connectivity index (χ0) is 18.4. The molecule has 0 aromatic heterocycles. The average molecular weight is 345 g/mol. The molecule has 0 bridgehead atoms. The molecule has 3 rings (SSSR count). The molecule has 0 saturated carbocycles. The quantitative estimate of drug-likeness (QED) is 0.580. The molecular weight excluding hydrogens is 322 g/mol. The molecule has 1 atom stereocenters. The van der Waals surface area contributed by atoms with E-state index in [1.807, 2.05) is 66.7 Å². The summed E-state index contributed by atoms with van der Waals surface area (Å²) in [6.07, 6.45) is 0.379. The van der Waals surface area contributed by atoms with Crippen LogP contribution in [-0.2, 0) is 0 Å². The van der Waals surface area contributed by atoms with Crippen LogP contribution < -0.4 is 10.1 Å². The van der Waals surface area contributed by atoms with Crippen LogP contribution >= 0.6 is 0 Å². The first-order chi connectivity index (χ1) is 12.7. The van der Waals surface area contributed by atoms with E-state index in [4.69, 9.17) is 4.74 Å². The first-order valence-corrected chi connectivity index (χ1v) is 8.71. The van der Waals surface area contributed by atoms with E-state index in [-0.39, 0.29) is 11.8 Å². The summed E-state index contributed by atoms with van der Waals surface area (Å²) < 4.78 is 5.16. The predicted octanol–water partition coefficient (Wildman–Crippen LogP) is 5.43. The van der Waals surface area contributed by atoms with Crippen molar-refractivity contribution in [2.24, 2.45) is 0 Å². The molecular formula is C23H23NO2. The second-order valence-corrected chi connectivity index (χ2v) is 6.33. The van der Waals surface area contributed by atoms with Crippen LogP contribution in [0.25, 0.3) is 0 Å². The lowest BCUT2D eigenvalue weighted by Crippen LogP contribution is -2.15. The molecule has 0 heterocycles. The number of ether oxygens (including phenoxy) is 1. The van der Waals surface area contributed by atoms with Gasteiger partial charge in [-0.1, -0.05) is 48.0 Å². The van der Waals surface area contributed by atoms with Gasteiger partial charge in [0.05, 0.1) is 13.2 Å². The Labute approximate surface area is 154 Å². The SMILES string of the molecule is COc1ccc(C(=O)C[C@@H](Nc2ccc(C)cc2)c2ccccc2)cc1. The second-order valence-electron chi connectivity index (χ2n) is 6.33. The van der Waals surface area contributed by atoms with Gasteiger partial charge in [-0.2, -0.15) is 0 Å². The van der Waals surface area contributed by atoms with Crippen molar-refractivity contribution in [2.75, 3.05) is 12.4 Å². The van der Waals surface area contributed by atoms with Gasteiger partial charge in [0.2, 0.25) is 0 Å². The number of benzene rings is 3. The number of anilines is 1. The van der Waals surface area contributed by atoms with Crippen molar-refractivity contribution in [3.8, 4) is 5.75 Å². The minimum Gasteiger partial charge on any atom is -0.497 e. The van der Waals surface area contributed by atoms with E-state index in [0.717, 1.165) is 17.0 Å². The molecule has 1 N–H and O–H groups in total. The fourth-order valence-electron chi connectivity index (χ4n) is 2.87. The Balaban J connectivity index is 1.80. The number of nitrogens with one attached hydrogen (secondary N) is 1. The number of carbonyl (C=O) groups excluding carboxylic acids is 1. The zero-order valence-corrected chi connectivity index (χ0v) is 15.1. The lowest BCUT2D eigenvalue weighted by Gasteiger charge is -2.20. The van der Waals surface area contributed by atoms with Gasteiger partial charge >= 0.3 is 0 Å². The van der Waals surface area contributed by atoms with Crippen molar-refractivity contribution in [3.63, 3.8) is 0 Å². The lowest BCUT2D eigenvalue weighted by atomic mass is 9.97. The minimum atomic E-state index is -0.0893. The first kappa shape index (κ1) is 17.7. The zero-order valence-electron chi connectivity index (χ0n) is 15.1. The lowest BCUT2D eigenvalue weighted by molar-refractivity contribution is 0.0976. The summed E-state index contributed by atoms with van der Waals surface area (Å²) in [6.45, 7) is 2.06. The van der Waals surface area contributed by atoms with E-state index >= 15 is 0 Å². The average Bonchev–Trinajstić information content (AvgIpc) is 2.70. The maximum Gasteiger partial charge on any atom is 0.165 e. The molecule has 3 aromatic carbocycles. The molecule has 0 unspecified atom stereocenters. The van der Waals surface area contributed by atoms with E-state index < -0.39 is 0 Å². The number of rotatable bonds is 7. The van der Waals surface area contributed by atoms with Crippen LogP contribution in [0.1, 0.15) is 33.9 Å². The fourth-order valence-corrected chi connectivity index (χ4v) is 2.87. The van der Waals surface area contributed by atoms with Gasteiger partial charge in [0, 0.05) is 17.7 Å². The number of ketones is 1. The molecule has 0 aliphatic rings. The number of methoxy groups -OCH3 is 1. The Kier molecular flexibility index (Phi) is 5.69. The Morgan fingerprint density at radius 2 is 1.58 bits per heavy atom. The van der Waals surface area contributed by atoms with Crippen LogP contribution in [0.15, 0.2) is 78.9 Å². The molecule has 132 valence electrons. The molecule has 0 radical (unpaired) electrons.